The molecule has 4 nitrogen and oxygen atoms in total. The van der Waals surface area contributed by atoms with Crippen LogP contribution in [0.5, 0.6) is 5.75 Å². The molecule has 1 fully saturated rings. The maximum Gasteiger partial charge on any atom is 0.224 e. The van der Waals surface area contributed by atoms with Gasteiger partial charge in [-0.15, -0.1) is 0 Å². The van der Waals surface area contributed by atoms with Crippen molar-refractivity contribution in [3.8, 4) is 5.75 Å². The smallest absolute Gasteiger partial charge is 0.224 e. The van der Waals surface area contributed by atoms with Crippen molar-refractivity contribution in [2.75, 3.05) is 20.2 Å². The first kappa shape index (κ1) is 20.3. The van der Waals surface area contributed by atoms with Crippen LogP contribution in [0.25, 0.3) is 0 Å². The van der Waals surface area contributed by atoms with E-state index in [2.05, 4.69) is 24.8 Å². The Bertz CT molecular complexity index is 791. The van der Waals surface area contributed by atoms with Gasteiger partial charge in [-0.3, -0.25) is 9.69 Å². The van der Waals surface area contributed by atoms with Crippen LogP contribution < -0.4 is 4.74 Å². The third kappa shape index (κ3) is 5.10. The van der Waals surface area contributed by atoms with Crippen LogP contribution in [-0.2, 0) is 17.9 Å². The average Bonchev–Trinajstić information content (AvgIpc) is 2.84. The number of hydrogen-bond donors (Lipinski definition) is 0. The molecular weight excluding hydrogens is 355 g/mol. The van der Waals surface area contributed by atoms with Gasteiger partial charge in [0, 0.05) is 38.6 Å². The lowest BCUT2D eigenvalue weighted by molar-refractivity contribution is -0.134. The highest BCUT2D eigenvalue weighted by Gasteiger charge is 2.31. The highest BCUT2D eigenvalue weighted by molar-refractivity contribution is 5.77. The lowest BCUT2D eigenvalue weighted by atomic mass is 10.0. The number of rotatable bonds is 6. The Kier molecular flexibility index (Phi) is 6.68. The third-order valence-electron chi connectivity index (χ3n) is 5.38. The van der Waals surface area contributed by atoms with Gasteiger partial charge in [0.1, 0.15) is 11.6 Å². The van der Waals surface area contributed by atoms with Gasteiger partial charge in [-0.05, 0) is 41.3 Å². The molecule has 150 valence electrons. The molecule has 28 heavy (non-hydrogen) atoms. The normalized spacial score (nSPS) is 18.4. The largest absolute Gasteiger partial charge is 0.497 e. The minimum atomic E-state index is -0.254. The number of carbonyl (C=O) groups is 1. The van der Waals surface area contributed by atoms with Crippen LogP contribution in [0.4, 0.5) is 4.39 Å². The topological polar surface area (TPSA) is 32.8 Å². The second-order valence-electron chi connectivity index (χ2n) is 7.80. The summed E-state index contributed by atoms with van der Waals surface area (Å²) >= 11 is 0. The van der Waals surface area contributed by atoms with Gasteiger partial charge >= 0.3 is 0 Å². The molecule has 2 aromatic rings. The summed E-state index contributed by atoms with van der Waals surface area (Å²) in [7, 11) is 1.67. The van der Waals surface area contributed by atoms with Gasteiger partial charge < -0.3 is 9.64 Å². The summed E-state index contributed by atoms with van der Waals surface area (Å²) in [6.45, 7) is 7.18. The van der Waals surface area contributed by atoms with Gasteiger partial charge in [0.15, 0.2) is 0 Å². The Morgan fingerprint density at radius 1 is 1.11 bits per heavy atom. The number of methoxy groups -OCH3 is 1. The van der Waals surface area contributed by atoms with E-state index >= 15 is 0 Å². The molecule has 0 saturated carbocycles. The van der Waals surface area contributed by atoms with Gasteiger partial charge in [-0.2, -0.15) is 0 Å². The quantitative estimate of drug-likeness (QED) is 0.752. The Morgan fingerprint density at radius 2 is 1.86 bits per heavy atom. The third-order valence-corrected chi connectivity index (χ3v) is 5.38. The fourth-order valence-corrected chi connectivity index (χ4v) is 3.77. The minimum Gasteiger partial charge on any atom is -0.497 e. The van der Waals surface area contributed by atoms with Crippen LogP contribution in [0, 0.1) is 11.7 Å². The van der Waals surface area contributed by atoms with Crippen molar-refractivity contribution in [2.45, 2.75) is 39.4 Å². The fourth-order valence-electron chi connectivity index (χ4n) is 3.77. The van der Waals surface area contributed by atoms with Gasteiger partial charge in [-0.25, -0.2) is 4.39 Å². The number of nitrogens with zero attached hydrogens (tertiary/aromatic N) is 2. The molecule has 2 aromatic carbocycles. The number of ether oxygens (including phenoxy) is 1. The molecule has 0 radical (unpaired) electrons. The van der Waals surface area contributed by atoms with E-state index in [1.165, 1.54) is 17.7 Å². The van der Waals surface area contributed by atoms with Gasteiger partial charge in [0.05, 0.1) is 7.11 Å². The number of benzene rings is 2. The van der Waals surface area contributed by atoms with Crippen molar-refractivity contribution in [3.63, 3.8) is 0 Å². The van der Waals surface area contributed by atoms with Crippen molar-refractivity contribution in [1.29, 1.82) is 0 Å². The maximum absolute atomic E-state index is 13.2. The molecule has 1 aliphatic heterocycles. The van der Waals surface area contributed by atoms with Crippen molar-refractivity contribution < 1.29 is 13.9 Å². The molecule has 1 amide bonds. The first-order valence-electron chi connectivity index (χ1n) is 9.85. The van der Waals surface area contributed by atoms with Crippen molar-refractivity contribution >= 4 is 5.91 Å². The molecule has 0 aromatic heterocycles. The van der Waals surface area contributed by atoms with E-state index in [4.69, 9.17) is 4.74 Å². The van der Waals surface area contributed by atoms with Crippen molar-refractivity contribution in [3.05, 3.63) is 65.5 Å². The van der Waals surface area contributed by atoms with Crippen molar-refractivity contribution in [2.24, 2.45) is 5.92 Å². The summed E-state index contributed by atoms with van der Waals surface area (Å²) in [4.78, 5) is 17.2. The Morgan fingerprint density at radius 3 is 2.54 bits per heavy atom. The number of carbonyl (C=O) groups excluding carboxylic acids is 1. The second-order valence-corrected chi connectivity index (χ2v) is 7.80. The minimum absolute atomic E-state index is 0.116. The van der Waals surface area contributed by atoms with E-state index in [0.29, 0.717) is 18.9 Å². The molecule has 0 bridgehead atoms. The SMILES string of the molecule is COc1cccc(CN2CCC(=O)N(Cc3ccc(F)cc3)[C@@H](C(C)C)C2)c1. The molecule has 0 unspecified atom stereocenters. The summed E-state index contributed by atoms with van der Waals surface area (Å²) in [5, 5.41) is 0. The van der Waals surface area contributed by atoms with Gasteiger partial charge in [-0.1, -0.05) is 38.1 Å². The number of amides is 1. The average molecular weight is 384 g/mol. The molecule has 0 N–H and O–H groups in total. The summed E-state index contributed by atoms with van der Waals surface area (Å²) in [5.74, 6) is 1.09. The van der Waals surface area contributed by atoms with Gasteiger partial charge in [0.25, 0.3) is 0 Å². The fraction of sp³-hybridized carbons (Fsp3) is 0.435. The van der Waals surface area contributed by atoms with Crippen LogP contribution in [-0.4, -0.2) is 41.9 Å². The molecule has 1 saturated heterocycles. The predicted octanol–water partition coefficient (Wildman–Crippen LogP) is 4.09. The van der Waals surface area contributed by atoms with E-state index in [0.717, 1.165) is 30.9 Å². The predicted molar refractivity (Wildman–Crippen MR) is 108 cm³/mol. The standard InChI is InChI=1S/C23H29FN2O2/c1-17(2)22-16-25(14-19-5-4-6-21(13-19)28-3)12-11-23(27)26(22)15-18-7-9-20(24)10-8-18/h4-10,13,17,22H,11-12,14-16H2,1-3H3/t22-/m1/s1. The first-order chi connectivity index (χ1) is 13.5. The first-order valence-corrected chi connectivity index (χ1v) is 9.85. The molecule has 1 atom stereocenters. The van der Waals surface area contributed by atoms with Crippen LogP contribution in [0.3, 0.4) is 0 Å². The molecule has 1 heterocycles. The zero-order chi connectivity index (χ0) is 20.1. The molecular formula is C23H29FN2O2. The Balaban J connectivity index is 1.76. The van der Waals surface area contributed by atoms with E-state index in [-0.39, 0.29) is 17.8 Å². The molecule has 3 rings (SSSR count). The maximum atomic E-state index is 13.2. The lowest BCUT2D eigenvalue weighted by Gasteiger charge is -2.35. The zero-order valence-corrected chi connectivity index (χ0v) is 16.9. The summed E-state index contributed by atoms with van der Waals surface area (Å²) in [5.41, 5.74) is 2.14. The summed E-state index contributed by atoms with van der Waals surface area (Å²) in [6.07, 6.45) is 0.494. The monoisotopic (exact) mass is 384 g/mol. The zero-order valence-electron chi connectivity index (χ0n) is 16.9. The van der Waals surface area contributed by atoms with E-state index < -0.39 is 0 Å². The van der Waals surface area contributed by atoms with E-state index in [9.17, 15) is 9.18 Å². The molecule has 0 aliphatic carbocycles. The number of hydrogen-bond acceptors (Lipinski definition) is 3. The van der Waals surface area contributed by atoms with Crippen LogP contribution in [0.2, 0.25) is 0 Å². The second kappa shape index (κ2) is 9.20. The summed E-state index contributed by atoms with van der Waals surface area (Å²) in [6, 6.07) is 14.6. The Labute approximate surface area is 166 Å². The summed E-state index contributed by atoms with van der Waals surface area (Å²) < 4.78 is 18.6. The van der Waals surface area contributed by atoms with Crippen LogP contribution in [0.1, 0.15) is 31.4 Å². The Hall–Kier alpha value is -2.40. The van der Waals surface area contributed by atoms with Crippen molar-refractivity contribution in [1.82, 2.24) is 9.80 Å². The van der Waals surface area contributed by atoms with E-state index in [1.807, 2.05) is 23.1 Å². The van der Waals surface area contributed by atoms with Gasteiger partial charge in [0.2, 0.25) is 5.91 Å². The highest BCUT2D eigenvalue weighted by atomic mass is 19.1. The highest BCUT2D eigenvalue weighted by Crippen LogP contribution is 2.23. The van der Waals surface area contributed by atoms with E-state index in [1.54, 1.807) is 19.2 Å². The molecule has 0 spiro atoms. The molecule has 5 heteroatoms. The lowest BCUT2D eigenvalue weighted by Crippen LogP contribution is -2.45. The number of halogens is 1. The van der Waals surface area contributed by atoms with Crippen LogP contribution in [0.15, 0.2) is 48.5 Å². The van der Waals surface area contributed by atoms with Crippen LogP contribution >= 0.6 is 0 Å². The molecule has 1 aliphatic rings.